The van der Waals surface area contributed by atoms with Gasteiger partial charge in [0.1, 0.15) is 17.4 Å². The van der Waals surface area contributed by atoms with Crippen molar-refractivity contribution in [2.45, 2.75) is 0 Å². The summed E-state index contributed by atoms with van der Waals surface area (Å²) in [6.07, 6.45) is 0. The first-order valence-corrected chi connectivity index (χ1v) is 7.34. The van der Waals surface area contributed by atoms with Gasteiger partial charge in [0.15, 0.2) is 12.4 Å². The van der Waals surface area contributed by atoms with E-state index in [0.29, 0.717) is 11.3 Å². The second kappa shape index (κ2) is 7.09. The molecule has 0 N–H and O–H groups in total. The van der Waals surface area contributed by atoms with Gasteiger partial charge in [-0.1, -0.05) is 12.1 Å². The fourth-order valence-corrected chi connectivity index (χ4v) is 2.16. The van der Waals surface area contributed by atoms with E-state index in [0.717, 1.165) is 6.07 Å². The van der Waals surface area contributed by atoms with Gasteiger partial charge in [0.25, 0.3) is 0 Å². The Morgan fingerprint density at radius 1 is 0.920 bits per heavy atom. The van der Waals surface area contributed by atoms with Gasteiger partial charge in [-0.25, -0.2) is 13.6 Å². The smallest absolute Gasteiger partial charge is 0.374 e. The summed E-state index contributed by atoms with van der Waals surface area (Å²) >= 11 is 0. The van der Waals surface area contributed by atoms with E-state index in [-0.39, 0.29) is 17.1 Å². The van der Waals surface area contributed by atoms with Gasteiger partial charge in [-0.3, -0.25) is 4.79 Å². The molecular weight excluding hydrogens is 330 g/mol. The van der Waals surface area contributed by atoms with E-state index in [2.05, 4.69) is 0 Å². The Balaban J connectivity index is 1.64. The highest BCUT2D eigenvalue weighted by Crippen LogP contribution is 2.22. The Kier molecular flexibility index (Phi) is 4.70. The lowest BCUT2D eigenvalue weighted by atomic mass is 10.1. The van der Waals surface area contributed by atoms with E-state index in [1.165, 1.54) is 54.6 Å². The molecule has 0 aliphatic heterocycles. The first kappa shape index (κ1) is 16.6. The maximum Gasteiger partial charge on any atom is 0.374 e. The monoisotopic (exact) mass is 342 g/mol. The van der Waals surface area contributed by atoms with Gasteiger partial charge in [-0.05, 0) is 48.5 Å². The molecule has 1 heterocycles. The first-order chi connectivity index (χ1) is 12.0. The van der Waals surface area contributed by atoms with Crippen molar-refractivity contribution >= 4 is 11.8 Å². The van der Waals surface area contributed by atoms with Gasteiger partial charge in [-0.2, -0.15) is 0 Å². The van der Waals surface area contributed by atoms with E-state index in [1.54, 1.807) is 0 Å². The number of rotatable bonds is 5. The van der Waals surface area contributed by atoms with Crippen molar-refractivity contribution in [3.8, 4) is 11.3 Å². The minimum atomic E-state index is -0.821. The van der Waals surface area contributed by atoms with E-state index in [1.807, 2.05) is 0 Å². The number of carbonyl (C=O) groups excluding carboxylic acids is 2. The number of esters is 1. The van der Waals surface area contributed by atoms with Gasteiger partial charge in [-0.15, -0.1) is 0 Å². The summed E-state index contributed by atoms with van der Waals surface area (Å²) < 4.78 is 36.2. The third kappa shape index (κ3) is 3.98. The molecule has 0 fully saturated rings. The molecule has 0 spiro atoms. The van der Waals surface area contributed by atoms with E-state index in [9.17, 15) is 18.4 Å². The third-order valence-electron chi connectivity index (χ3n) is 3.42. The van der Waals surface area contributed by atoms with Crippen molar-refractivity contribution in [3.05, 3.63) is 83.6 Å². The number of carbonyl (C=O) groups is 2. The van der Waals surface area contributed by atoms with Gasteiger partial charge in [0, 0.05) is 11.1 Å². The van der Waals surface area contributed by atoms with Gasteiger partial charge in [0.2, 0.25) is 5.76 Å². The third-order valence-corrected chi connectivity index (χ3v) is 3.42. The second-order valence-corrected chi connectivity index (χ2v) is 5.18. The van der Waals surface area contributed by atoms with Crippen LogP contribution in [0.4, 0.5) is 8.78 Å². The van der Waals surface area contributed by atoms with Crippen molar-refractivity contribution in [1.82, 2.24) is 0 Å². The average Bonchev–Trinajstić information content (AvgIpc) is 3.10. The highest BCUT2D eigenvalue weighted by molar-refractivity contribution is 5.99. The van der Waals surface area contributed by atoms with E-state index < -0.39 is 24.2 Å². The topological polar surface area (TPSA) is 56.5 Å². The Morgan fingerprint density at radius 3 is 2.40 bits per heavy atom. The molecule has 3 aromatic rings. The summed E-state index contributed by atoms with van der Waals surface area (Å²) in [6.45, 7) is -0.533. The minimum Gasteiger partial charge on any atom is -0.451 e. The van der Waals surface area contributed by atoms with Crippen LogP contribution < -0.4 is 0 Å². The Hall–Kier alpha value is -3.28. The number of benzene rings is 2. The quantitative estimate of drug-likeness (QED) is 0.513. The summed E-state index contributed by atoms with van der Waals surface area (Å²) in [6, 6.07) is 13.6. The zero-order valence-corrected chi connectivity index (χ0v) is 12.9. The van der Waals surface area contributed by atoms with Crippen LogP contribution in [0.25, 0.3) is 11.3 Å². The largest absolute Gasteiger partial charge is 0.451 e. The van der Waals surface area contributed by atoms with Crippen molar-refractivity contribution < 1.29 is 27.5 Å². The maximum absolute atomic E-state index is 13.1. The van der Waals surface area contributed by atoms with Crippen molar-refractivity contribution in [2.75, 3.05) is 6.61 Å². The Labute approximate surface area is 141 Å². The molecular formula is C19H12F2O4. The number of furan rings is 1. The lowest BCUT2D eigenvalue weighted by Gasteiger charge is -2.03. The van der Waals surface area contributed by atoms with Crippen LogP contribution in [-0.2, 0) is 4.74 Å². The average molecular weight is 342 g/mol. The number of Topliss-reactive ketones (excluding diaryl/α,β-unsaturated/α-hetero) is 1. The molecule has 0 atom stereocenters. The Morgan fingerprint density at radius 2 is 1.68 bits per heavy atom. The molecule has 126 valence electrons. The van der Waals surface area contributed by atoms with Gasteiger partial charge >= 0.3 is 5.97 Å². The van der Waals surface area contributed by atoms with Crippen LogP contribution in [0.2, 0.25) is 0 Å². The molecule has 3 rings (SSSR count). The zero-order valence-electron chi connectivity index (χ0n) is 12.9. The molecule has 0 amide bonds. The summed E-state index contributed by atoms with van der Waals surface area (Å²) in [7, 11) is 0. The van der Waals surface area contributed by atoms with Crippen molar-refractivity contribution in [2.24, 2.45) is 0 Å². The summed E-state index contributed by atoms with van der Waals surface area (Å²) in [5, 5.41) is 0. The number of hydrogen-bond donors (Lipinski definition) is 0. The highest BCUT2D eigenvalue weighted by atomic mass is 19.1. The summed E-state index contributed by atoms with van der Waals surface area (Å²) in [5.41, 5.74) is 0.704. The maximum atomic E-state index is 13.1. The normalized spacial score (nSPS) is 10.5. The lowest BCUT2D eigenvalue weighted by molar-refractivity contribution is 0.0445. The molecule has 0 unspecified atom stereocenters. The zero-order chi connectivity index (χ0) is 17.8. The summed E-state index contributed by atoms with van der Waals surface area (Å²) in [4.78, 5) is 23.8. The van der Waals surface area contributed by atoms with E-state index >= 15 is 0 Å². The fraction of sp³-hybridized carbons (Fsp3) is 0.0526. The van der Waals surface area contributed by atoms with Crippen LogP contribution in [0, 0.1) is 11.6 Å². The molecule has 0 aliphatic carbocycles. The van der Waals surface area contributed by atoms with Crippen molar-refractivity contribution in [3.63, 3.8) is 0 Å². The number of hydrogen-bond acceptors (Lipinski definition) is 4. The van der Waals surface area contributed by atoms with E-state index in [4.69, 9.17) is 9.15 Å². The molecule has 2 aromatic carbocycles. The predicted molar refractivity (Wildman–Crippen MR) is 85.1 cm³/mol. The predicted octanol–water partition coefficient (Wildman–Crippen LogP) is 4.26. The van der Waals surface area contributed by atoms with Crippen LogP contribution >= 0.6 is 0 Å². The molecule has 4 nitrogen and oxygen atoms in total. The molecule has 1 aromatic heterocycles. The molecule has 0 saturated carbocycles. The van der Waals surface area contributed by atoms with Crippen molar-refractivity contribution in [1.29, 1.82) is 0 Å². The van der Waals surface area contributed by atoms with Crippen LogP contribution in [0.15, 0.2) is 65.1 Å². The SMILES string of the molecule is O=C(COC(=O)c1ccc(-c2ccc(F)cc2)o1)c1cccc(F)c1. The Bertz CT molecular complexity index is 913. The number of ether oxygens (including phenoxy) is 1. The van der Waals surface area contributed by atoms with Gasteiger partial charge in [0.05, 0.1) is 0 Å². The molecule has 0 aliphatic rings. The van der Waals surface area contributed by atoms with Crippen LogP contribution in [0.3, 0.4) is 0 Å². The lowest BCUT2D eigenvalue weighted by Crippen LogP contribution is -2.14. The molecule has 0 radical (unpaired) electrons. The molecule has 6 heteroatoms. The fourth-order valence-electron chi connectivity index (χ4n) is 2.16. The first-order valence-electron chi connectivity index (χ1n) is 7.34. The van der Waals surface area contributed by atoms with Crippen LogP contribution in [0.1, 0.15) is 20.9 Å². The second-order valence-electron chi connectivity index (χ2n) is 5.18. The minimum absolute atomic E-state index is 0.0913. The molecule has 0 saturated heterocycles. The number of ketones is 1. The highest BCUT2D eigenvalue weighted by Gasteiger charge is 2.16. The molecule has 25 heavy (non-hydrogen) atoms. The summed E-state index contributed by atoms with van der Waals surface area (Å²) in [5.74, 6) is -2.01. The number of halogens is 2. The van der Waals surface area contributed by atoms with Gasteiger partial charge < -0.3 is 9.15 Å². The van der Waals surface area contributed by atoms with Crippen LogP contribution in [-0.4, -0.2) is 18.4 Å². The standard InChI is InChI=1S/C19H12F2O4/c20-14-6-4-12(5-7-14)17-8-9-18(25-17)19(23)24-11-16(22)13-2-1-3-15(21)10-13/h1-10H,11H2. The molecule has 0 bridgehead atoms. The van der Waals surface area contributed by atoms with Crippen LogP contribution in [0.5, 0.6) is 0 Å².